The van der Waals surface area contributed by atoms with Gasteiger partial charge in [-0.3, -0.25) is 9.67 Å². The largest absolute Gasteiger partial charge is 0.454 e. The average molecular weight is 260 g/mol. The normalized spacial score (nSPS) is 10.9. The molecule has 0 aromatic carbocycles. The molecule has 5 heteroatoms. The third kappa shape index (κ3) is 4.37. The van der Waals surface area contributed by atoms with Gasteiger partial charge >= 0.3 is 0 Å². The van der Waals surface area contributed by atoms with Gasteiger partial charge in [0.2, 0.25) is 0 Å². The summed E-state index contributed by atoms with van der Waals surface area (Å²) >= 11 is 0. The minimum absolute atomic E-state index is 0.634. The van der Waals surface area contributed by atoms with Crippen LogP contribution in [0.25, 0.3) is 0 Å². The molecule has 0 aliphatic rings. The smallest absolute Gasteiger partial charge is 0.165 e. The highest BCUT2D eigenvalue weighted by molar-refractivity contribution is 5.28. The first-order chi connectivity index (χ1) is 9.13. The van der Waals surface area contributed by atoms with Gasteiger partial charge in [-0.2, -0.15) is 5.10 Å². The molecule has 0 saturated carbocycles. The molecule has 2 rings (SSSR count). The van der Waals surface area contributed by atoms with E-state index in [0.29, 0.717) is 5.92 Å². The molecule has 0 spiro atoms. The Bertz CT molecular complexity index is 522. The SMILES string of the molecule is CC(C)CNCc1cc(Oc2cnn(C)c2)ccn1. The van der Waals surface area contributed by atoms with E-state index in [1.807, 2.05) is 25.4 Å². The fourth-order valence-electron chi connectivity index (χ4n) is 1.69. The maximum Gasteiger partial charge on any atom is 0.165 e. The summed E-state index contributed by atoms with van der Waals surface area (Å²) < 4.78 is 7.43. The molecule has 0 radical (unpaired) electrons. The van der Waals surface area contributed by atoms with Gasteiger partial charge in [0, 0.05) is 25.9 Å². The molecule has 0 amide bonds. The van der Waals surface area contributed by atoms with Crippen molar-refractivity contribution in [1.82, 2.24) is 20.1 Å². The lowest BCUT2D eigenvalue weighted by molar-refractivity contribution is 0.479. The Hall–Kier alpha value is -1.88. The summed E-state index contributed by atoms with van der Waals surface area (Å²) in [7, 11) is 1.86. The van der Waals surface area contributed by atoms with E-state index in [4.69, 9.17) is 4.74 Å². The predicted octanol–water partition coefficient (Wildman–Crippen LogP) is 2.35. The third-order valence-corrected chi connectivity index (χ3v) is 2.56. The number of hydrogen-bond donors (Lipinski definition) is 1. The van der Waals surface area contributed by atoms with Crippen molar-refractivity contribution >= 4 is 0 Å². The molecule has 2 aromatic rings. The number of pyridine rings is 1. The lowest BCUT2D eigenvalue weighted by Crippen LogP contribution is -2.19. The maximum atomic E-state index is 5.72. The Labute approximate surface area is 113 Å². The van der Waals surface area contributed by atoms with Crippen molar-refractivity contribution in [3.8, 4) is 11.5 Å². The van der Waals surface area contributed by atoms with Crippen LogP contribution >= 0.6 is 0 Å². The molecule has 1 N–H and O–H groups in total. The van der Waals surface area contributed by atoms with Crippen LogP contribution < -0.4 is 10.1 Å². The van der Waals surface area contributed by atoms with Crippen LogP contribution in [0, 0.1) is 5.92 Å². The van der Waals surface area contributed by atoms with Crippen molar-refractivity contribution in [2.45, 2.75) is 20.4 Å². The summed E-state index contributed by atoms with van der Waals surface area (Å²) in [4.78, 5) is 4.32. The topological polar surface area (TPSA) is 52.0 Å². The van der Waals surface area contributed by atoms with Crippen LogP contribution in [0.15, 0.2) is 30.7 Å². The van der Waals surface area contributed by atoms with Gasteiger partial charge in [0.1, 0.15) is 5.75 Å². The van der Waals surface area contributed by atoms with E-state index >= 15 is 0 Å². The monoisotopic (exact) mass is 260 g/mol. The molecule has 0 aliphatic carbocycles. The number of nitrogens with one attached hydrogen (secondary N) is 1. The molecule has 19 heavy (non-hydrogen) atoms. The molecule has 0 atom stereocenters. The lowest BCUT2D eigenvalue weighted by atomic mass is 10.2. The molecule has 0 unspecified atom stereocenters. The molecule has 102 valence electrons. The van der Waals surface area contributed by atoms with Gasteiger partial charge in [-0.1, -0.05) is 13.8 Å². The van der Waals surface area contributed by atoms with Crippen LogP contribution in [0.5, 0.6) is 11.5 Å². The molecule has 5 nitrogen and oxygen atoms in total. The zero-order valence-electron chi connectivity index (χ0n) is 11.6. The first-order valence-corrected chi connectivity index (χ1v) is 6.45. The van der Waals surface area contributed by atoms with Gasteiger partial charge in [-0.05, 0) is 18.5 Å². The first kappa shape index (κ1) is 13.5. The van der Waals surface area contributed by atoms with Crippen molar-refractivity contribution in [3.63, 3.8) is 0 Å². The number of nitrogens with zero attached hydrogens (tertiary/aromatic N) is 3. The minimum Gasteiger partial charge on any atom is -0.454 e. The Morgan fingerprint density at radius 1 is 1.37 bits per heavy atom. The molecular formula is C14H20N4O. The summed E-state index contributed by atoms with van der Waals surface area (Å²) in [6, 6.07) is 3.79. The van der Waals surface area contributed by atoms with E-state index in [-0.39, 0.29) is 0 Å². The fraction of sp³-hybridized carbons (Fsp3) is 0.429. The molecule has 2 heterocycles. The van der Waals surface area contributed by atoms with Gasteiger partial charge in [0.25, 0.3) is 0 Å². The van der Waals surface area contributed by atoms with Crippen LogP contribution in [0.2, 0.25) is 0 Å². The summed E-state index contributed by atoms with van der Waals surface area (Å²) in [5.74, 6) is 2.15. The van der Waals surface area contributed by atoms with Gasteiger partial charge in [0.15, 0.2) is 5.75 Å². The predicted molar refractivity (Wildman–Crippen MR) is 74.1 cm³/mol. The second kappa shape index (κ2) is 6.33. The standard InChI is InChI=1S/C14H20N4O/c1-11(2)7-15-8-12-6-13(4-5-16-12)19-14-9-17-18(3)10-14/h4-6,9-11,15H,7-8H2,1-3H3. The summed E-state index contributed by atoms with van der Waals surface area (Å²) in [5, 5.41) is 7.43. The van der Waals surface area contributed by atoms with Crippen molar-refractivity contribution in [2.24, 2.45) is 13.0 Å². The van der Waals surface area contributed by atoms with Crippen LogP contribution in [0.3, 0.4) is 0 Å². The lowest BCUT2D eigenvalue weighted by Gasteiger charge is -2.08. The second-order valence-electron chi connectivity index (χ2n) is 4.96. The molecule has 0 aliphatic heterocycles. The van der Waals surface area contributed by atoms with E-state index in [9.17, 15) is 0 Å². The zero-order valence-corrected chi connectivity index (χ0v) is 11.6. The van der Waals surface area contributed by atoms with Crippen LogP contribution in [-0.2, 0) is 13.6 Å². The van der Waals surface area contributed by atoms with E-state index in [0.717, 1.165) is 30.3 Å². The highest BCUT2D eigenvalue weighted by Crippen LogP contribution is 2.20. The Kier molecular flexibility index (Phi) is 4.52. The first-order valence-electron chi connectivity index (χ1n) is 6.45. The number of aryl methyl sites for hydroxylation is 1. The van der Waals surface area contributed by atoms with Crippen LogP contribution in [-0.4, -0.2) is 21.3 Å². The zero-order chi connectivity index (χ0) is 13.7. The van der Waals surface area contributed by atoms with Crippen molar-refractivity contribution in [2.75, 3.05) is 6.54 Å². The highest BCUT2D eigenvalue weighted by Gasteiger charge is 2.02. The highest BCUT2D eigenvalue weighted by atomic mass is 16.5. The minimum atomic E-state index is 0.634. The molecule has 2 aromatic heterocycles. The van der Waals surface area contributed by atoms with E-state index in [2.05, 4.69) is 29.2 Å². The number of hydrogen-bond acceptors (Lipinski definition) is 4. The summed E-state index contributed by atoms with van der Waals surface area (Å²) in [6.07, 6.45) is 5.28. The van der Waals surface area contributed by atoms with Crippen molar-refractivity contribution in [3.05, 3.63) is 36.4 Å². The quantitative estimate of drug-likeness (QED) is 0.866. The number of aromatic nitrogens is 3. The number of rotatable bonds is 6. The van der Waals surface area contributed by atoms with Crippen LogP contribution in [0.4, 0.5) is 0 Å². The van der Waals surface area contributed by atoms with Crippen molar-refractivity contribution in [1.29, 1.82) is 0 Å². The maximum absolute atomic E-state index is 5.72. The number of ether oxygens (including phenoxy) is 1. The Morgan fingerprint density at radius 3 is 2.89 bits per heavy atom. The van der Waals surface area contributed by atoms with E-state index < -0.39 is 0 Å². The summed E-state index contributed by atoms with van der Waals surface area (Å²) in [5.41, 5.74) is 0.974. The Morgan fingerprint density at radius 2 is 2.21 bits per heavy atom. The Balaban J connectivity index is 1.95. The van der Waals surface area contributed by atoms with Crippen LogP contribution in [0.1, 0.15) is 19.5 Å². The molecule has 0 fully saturated rings. The van der Waals surface area contributed by atoms with Crippen molar-refractivity contribution < 1.29 is 4.74 Å². The van der Waals surface area contributed by atoms with Gasteiger partial charge in [-0.15, -0.1) is 0 Å². The van der Waals surface area contributed by atoms with E-state index in [1.54, 1.807) is 17.1 Å². The molecule has 0 bridgehead atoms. The molecular weight excluding hydrogens is 240 g/mol. The van der Waals surface area contributed by atoms with Gasteiger partial charge in [0.05, 0.1) is 18.1 Å². The van der Waals surface area contributed by atoms with E-state index in [1.165, 1.54) is 0 Å². The van der Waals surface area contributed by atoms with Gasteiger partial charge < -0.3 is 10.1 Å². The average Bonchev–Trinajstić information content (AvgIpc) is 2.75. The second-order valence-corrected chi connectivity index (χ2v) is 4.96. The fourth-order valence-corrected chi connectivity index (χ4v) is 1.69. The molecule has 0 saturated heterocycles. The third-order valence-electron chi connectivity index (χ3n) is 2.56. The van der Waals surface area contributed by atoms with Gasteiger partial charge in [-0.25, -0.2) is 0 Å². The summed E-state index contributed by atoms with van der Waals surface area (Å²) in [6.45, 7) is 6.10.